The fourth-order valence-electron chi connectivity index (χ4n) is 6.42. The van der Waals surface area contributed by atoms with Crippen molar-refractivity contribution in [2.24, 2.45) is 12.5 Å². The quantitative estimate of drug-likeness (QED) is 0.549. The van der Waals surface area contributed by atoms with E-state index in [0.29, 0.717) is 12.3 Å². The average Bonchev–Trinajstić information content (AvgIpc) is 2.74. The van der Waals surface area contributed by atoms with Gasteiger partial charge in [-0.2, -0.15) is 0 Å². The third-order valence-corrected chi connectivity index (χ3v) is 8.88. The molecule has 3 aliphatic carbocycles. The monoisotopic (exact) mass is 477 g/mol. The Labute approximate surface area is 204 Å². The number of halogens is 1. The standard InChI is InChI=1S/C27H32FN5O2/c1-15-16(2)30-24-21(29-15)22(26-12-27(13-26,14-26)25(3,4)28)31-23(32-24)17-8-9-35-19(10-17)18-6-7-20(34)33(5)11-18/h6-7,11,17,19H,8-10,12-14H2,1-5H3/t17-,19+,26?,27?/m0/s1. The van der Waals surface area contributed by atoms with Crippen LogP contribution in [0.15, 0.2) is 23.1 Å². The van der Waals surface area contributed by atoms with Crippen molar-refractivity contribution in [1.29, 1.82) is 0 Å². The maximum absolute atomic E-state index is 14.9. The van der Waals surface area contributed by atoms with Crippen LogP contribution in [0.2, 0.25) is 0 Å². The molecule has 0 aromatic carbocycles. The second kappa shape index (κ2) is 7.38. The lowest BCUT2D eigenvalue weighted by molar-refractivity contribution is -0.220. The van der Waals surface area contributed by atoms with Crippen molar-refractivity contribution in [3.63, 3.8) is 0 Å². The van der Waals surface area contributed by atoms with Crippen LogP contribution in [0.25, 0.3) is 11.2 Å². The molecule has 3 saturated carbocycles. The van der Waals surface area contributed by atoms with E-state index in [0.717, 1.165) is 66.1 Å². The molecule has 4 heterocycles. The van der Waals surface area contributed by atoms with Gasteiger partial charge in [0.1, 0.15) is 17.0 Å². The Morgan fingerprint density at radius 1 is 1.09 bits per heavy atom. The number of rotatable bonds is 4. The molecule has 184 valence electrons. The van der Waals surface area contributed by atoms with E-state index < -0.39 is 5.67 Å². The SMILES string of the molecule is Cc1nc2nc([C@H]3CCO[C@@H](c4ccc(=O)n(C)c4)C3)nc(C34CC(C(C)(C)F)(C3)C4)c2nc1C. The zero-order valence-electron chi connectivity index (χ0n) is 21.1. The van der Waals surface area contributed by atoms with Crippen LogP contribution in [0.3, 0.4) is 0 Å². The summed E-state index contributed by atoms with van der Waals surface area (Å²) < 4.78 is 22.6. The molecule has 4 aliphatic rings. The lowest BCUT2D eigenvalue weighted by atomic mass is 9.31. The van der Waals surface area contributed by atoms with Gasteiger partial charge in [0, 0.05) is 42.7 Å². The molecule has 8 heteroatoms. The first-order chi connectivity index (χ1) is 16.5. The van der Waals surface area contributed by atoms with Crippen LogP contribution in [-0.2, 0) is 17.2 Å². The molecule has 7 rings (SSSR count). The van der Waals surface area contributed by atoms with Crippen LogP contribution in [0.4, 0.5) is 4.39 Å². The van der Waals surface area contributed by atoms with E-state index in [1.165, 1.54) is 0 Å². The van der Waals surface area contributed by atoms with Gasteiger partial charge in [-0.15, -0.1) is 0 Å². The Hall–Kier alpha value is -2.74. The molecule has 0 unspecified atom stereocenters. The van der Waals surface area contributed by atoms with Gasteiger partial charge in [-0.1, -0.05) is 0 Å². The molecular weight excluding hydrogens is 445 g/mol. The van der Waals surface area contributed by atoms with Crippen LogP contribution in [0.5, 0.6) is 0 Å². The Morgan fingerprint density at radius 2 is 1.80 bits per heavy atom. The zero-order chi connectivity index (χ0) is 24.8. The first-order valence-electron chi connectivity index (χ1n) is 12.5. The molecule has 4 fully saturated rings. The summed E-state index contributed by atoms with van der Waals surface area (Å²) in [6, 6.07) is 3.43. The van der Waals surface area contributed by atoms with Crippen molar-refractivity contribution in [2.75, 3.05) is 6.61 Å². The summed E-state index contributed by atoms with van der Waals surface area (Å²) in [6.07, 6.45) is 5.68. The first kappa shape index (κ1) is 22.7. The minimum Gasteiger partial charge on any atom is -0.373 e. The number of nitrogens with zero attached hydrogens (tertiary/aromatic N) is 5. The average molecular weight is 478 g/mol. The van der Waals surface area contributed by atoms with Crippen molar-refractivity contribution in [3.8, 4) is 0 Å². The molecule has 1 aliphatic heterocycles. The Kier molecular flexibility index (Phi) is 4.79. The van der Waals surface area contributed by atoms with Gasteiger partial charge < -0.3 is 9.30 Å². The number of alkyl halides is 1. The summed E-state index contributed by atoms with van der Waals surface area (Å²) in [6.45, 7) is 7.92. The summed E-state index contributed by atoms with van der Waals surface area (Å²) >= 11 is 0. The van der Waals surface area contributed by atoms with E-state index in [1.807, 2.05) is 26.1 Å². The van der Waals surface area contributed by atoms with Crippen LogP contribution in [0, 0.1) is 19.3 Å². The summed E-state index contributed by atoms with van der Waals surface area (Å²) in [4.78, 5) is 31.5. The van der Waals surface area contributed by atoms with Crippen molar-refractivity contribution >= 4 is 11.2 Å². The number of fused-ring (bicyclic) bond motifs is 1. The third-order valence-electron chi connectivity index (χ3n) is 8.88. The molecule has 2 bridgehead atoms. The van der Waals surface area contributed by atoms with Crippen molar-refractivity contribution in [1.82, 2.24) is 24.5 Å². The number of hydrogen-bond acceptors (Lipinski definition) is 6. The molecule has 0 N–H and O–H groups in total. The lowest BCUT2D eigenvalue weighted by Gasteiger charge is -2.73. The molecule has 0 spiro atoms. The van der Waals surface area contributed by atoms with Gasteiger partial charge in [-0.3, -0.25) is 4.79 Å². The summed E-state index contributed by atoms with van der Waals surface area (Å²) in [5, 5.41) is 0. The molecule has 2 atom stereocenters. The molecule has 35 heavy (non-hydrogen) atoms. The predicted octanol–water partition coefficient (Wildman–Crippen LogP) is 4.54. The minimum atomic E-state index is -1.19. The smallest absolute Gasteiger partial charge is 0.250 e. The van der Waals surface area contributed by atoms with E-state index >= 15 is 0 Å². The normalized spacial score (nSPS) is 30.1. The van der Waals surface area contributed by atoms with E-state index in [4.69, 9.17) is 24.7 Å². The van der Waals surface area contributed by atoms with Gasteiger partial charge in [0.2, 0.25) is 5.56 Å². The molecule has 0 amide bonds. The van der Waals surface area contributed by atoms with Crippen molar-refractivity contribution < 1.29 is 9.13 Å². The lowest BCUT2D eigenvalue weighted by Crippen LogP contribution is -2.71. The minimum absolute atomic E-state index is 0.0411. The largest absolute Gasteiger partial charge is 0.373 e. The highest BCUT2D eigenvalue weighted by Crippen LogP contribution is 2.78. The topological polar surface area (TPSA) is 82.8 Å². The highest BCUT2D eigenvalue weighted by molar-refractivity contribution is 5.75. The number of hydrogen-bond donors (Lipinski definition) is 0. The van der Waals surface area contributed by atoms with Gasteiger partial charge in [0.25, 0.3) is 0 Å². The van der Waals surface area contributed by atoms with Gasteiger partial charge in [0.15, 0.2) is 5.65 Å². The van der Waals surface area contributed by atoms with Gasteiger partial charge >= 0.3 is 0 Å². The molecule has 1 saturated heterocycles. The zero-order valence-corrected chi connectivity index (χ0v) is 21.1. The number of pyridine rings is 1. The third kappa shape index (κ3) is 3.36. The fourth-order valence-corrected chi connectivity index (χ4v) is 6.42. The van der Waals surface area contributed by atoms with Crippen LogP contribution >= 0.6 is 0 Å². The second-order valence-corrected chi connectivity index (χ2v) is 11.6. The number of ether oxygens (including phenoxy) is 1. The second-order valence-electron chi connectivity index (χ2n) is 11.6. The van der Waals surface area contributed by atoms with Gasteiger partial charge in [0.05, 0.1) is 23.2 Å². The molecular formula is C27H32FN5O2. The number of aryl methyl sites for hydroxylation is 3. The molecule has 3 aromatic rings. The van der Waals surface area contributed by atoms with Crippen molar-refractivity contribution in [2.45, 2.75) is 82.9 Å². The van der Waals surface area contributed by atoms with Crippen molar-refractivity contribution in [3.05, 3.63) is 57.2 Å². The summed E-state index contributed by atoms with van der Waals surface area (Å²) in [5.74, 6) is 0.887. The summed E-state index contributed by atoms with van der Waals surface area (Å²) in [7, 11) is 1.75. The molecule has 0 radical (unpaired) electrons. The first-order valence-corrected chi connectivity index (χ1v) is 12.5. The van der Waals surface area contributed by atoms with Gasteiger partial charge in [-0.25, -0.2) is 24.3 Å². The molecule has 3 aromatic heterocycles. The van der Waals surface area contributed by atoms with E-state index in [2.05, 4.69) is 0 Å². The van der Waals surface area contributed by atoms with Gasteiger partial charge in [-0.05, 0) is 71.4 Å². The van der Waals surface area contributed by atoms with E-state index in [-0.39, 0.29) is 28.4 Å². The number of aromatic nitrogens is 5. The Bertz CT molecular complexity index is 1390. The highest BCUT2D eigenvalue weighted by atomic mass is 19.1. The molecule has 7 nitrogen and oxygen atoms in total. The highest BCUT2D eigenvalue weighted by Gasteiger charge is 2.75. The maximum atomic E-state index is 14.9. The van der Waals surface area contributed by atoms with Crippen LogP contribution in [-0.4, -0.2) is 36.8 Å². The van der Waals surface area contributed by atoms with E-state index in [1.54, 1.807) is 31.5 Å². The van der Waals surface area contributed by atoms with Crippen LogP contribution in [0.1, 0.15) is 86.4 Å². The maximum Gasteiger partial charge on any atom is 0.250 e. The van der Waals surface area contributed by atoms with E-state index in [9.17, 15) is 9.18 Å². The Morgan fingerprint density at radius 3 is 2.49 bits per heavy atom. The van der Waals surface area contributed by atoms with Crippen LogP contribution < -0.4 is 5.56 Å². The Balaban J connectivity index is 1.38. The fraction of sp³-hybridized carbons (Fsp3) is 0.593. The summed E-state index contributed by atoms with van der Waals surface area (Å²) in [5.41, 5.74) is 3.47. The predicted molar refractivity (Wildman–Crippen MR) is 130 cm³/mol.